The zero-order chi connectivity index (χ0) is 15.5. The first-order valence-corrected chi connectivity index (χ1v) is 7.72. The van der Waals surface area contributed by atoms with Crippen molar-refractivity contribution in [2.24, 2.45) is 11.3 Å². The van der Waals surface area contributed by atoms with Crippen molar-refractivity contribution < 1.29 is 19.5 Å². The number of amides is 3. The summed E-state index contributed by atoms with van der Waals surface area (Å²) in [7, 11) is 0. The Labute approximate surface area is 124 Å². The van der Waals surface area contributed by atoms with Crippen molar-refractivity contribution >= 4 is 17.9 Å². The summed E-state index contributed by atoms with van der Waals surface area (Å²) in [5, 5.41) is 14.1. The summed E-state index contributed by atoms with van der Waals surface area (Å²) >= 11 is 0. The fourth-order valence-electron chi connectivity index (χ4n) is 3.33. The van der Waals surface area contributed by atoms with Crippen LogP contribution in [0.5, 0.6) is 0 Å². The predicted octanol–water partition coefficient (Wildman–Crippen LogP) is 2.04. The molecule has 2 fully saturated rings. The summed E-state index contributed by atoms with van der Waals surface area (Å²) in [5.74, 6) is -0.728. The molecule has 0 aromatic carbocycles. The van der Waals surface area contributed by atoms with Crippen molar-refractivity contribution in [1.29, 1.82) is 0 Å². The van der Waals surface area contributed by atoms with Gasteiger partial charge in [0.05, 0.1) is 6.42 Å². The molecule has 21 heavy (non-hydrogen) atoms. The van der Waals surface area contributed by atoms with Gasteiger partial charge in [-0.15, -0.1) is 0 Å². The van der Waals surface area contributed by atoms with Gasteiger partial charge in [-0.25, -0.2) is 4.79 Å². The molecule has 0 aliphatic heterocycles. The van der Waals surface area contributed by atoms with Crippen LogP contribution in [0.3, 0.4) is 0 Å². The molecular formula is C15H24N2O4. The van der Waals surface area contributed by atoms with E-state index in [-0.39, 0.29) is 24.8 Å². The summed E-state index contributed by atoms with van der Waals surface area (Å²) < 4.78 is 0. The lowest BCUT2D eigenvalue weighted by molar-refractivity contribution is -0.140. The van der Waals surface area contributed by atoms with Gasteiger partial charge in [-0.05, 0) is 43.9 Å². The highest BCUT2D eigenvalue weighted by molar-refractivity contribution is 5.94. The van der Waals surface area contributed by atoms with Crippen molar-refractivity contribution in [3.8, 4) is 0 Å². The van der Waals surface area contributed by atoms with Crippen molar-refractivity contribution in [2.45, 2.75) is 64.3 Å². The molecular weight excluding hydrogens is 272 g/mol. The van der Waals surface area contributed by atoms with Crippen LogP contribution in [0.4, 0.5) is 4.79 Å². The first-order valence-electron chi connectivity index (χ1n) is 7.72. The average molecular weight is 296 g/mol. The minimum absolute atomic E-state index is 0.000512. The van der Waals surface area contributed by atoms with Gasteiger partial charge in [0.1, 0.15) is 0 Å². The van der Waals surface area contributed by atoms with Gasteiger partial charge < -0.3 is 10.4 Å². The van der Waals surface area contributed by atoms with Crippen molar-refractivity contribution in [3.63, 3.8) is 0 Å². The highest BCUT2D eigenvalue weighted by Gasteiger charge is 2.38. The summed E-state index contributed by atoms with van der Waals surface area (Å²) in [6.45, 7) is 1.94. The topological polar surface area (TPSA) is 95.5 Å². The van der Waals surface area contributed by atoms with Gasteiger partial charge in [-0.1, -0.05) is 12.8 Å². The lowest BCUT2D eigenvalue weighted by atomic mass is 9.79. The number of hydrogen-bond acceptors (Lipinski definition) is 3. The standard InChI is InChI=1S/C15H24N2O4/c1-10(11-4-5-11)16-14(21)17-12(18)8-15(9-13(19)20)6-2-3-7-15/h10-11H,2-9H2,1H3,(H,19,20)(H2,16,17,18,21). The number of carbonyl (C=O) groups excluding carboxylic acids is 2. The second kappa shape index (κ2) is 6.45. The molecule has 6 nitrogen and oxygen atoms in total. The third-order valence-corrected chi connectivity index (χ3v) is 4.67. The molecule has 0 aromatic rings. The van der Waals surface area contributed by atoms with Gasteiger partial charge in [-0.3, -0.25) is 14.9 Å². The smallest absolute Gasteiger partial charge is 0.321 e. The van der Waals surface area contributed by atoms with E-state index in [1.807, 2.05) is 6.92 Å². The molecule has 3 amide bonds. The predicted molar refractivity (Wildman–Crippen MR) is 76.6 cm³/mol. The van der Waals surface area contributed by atoms with Gasteiger partial charge in [0.15, 0.2) is 0 Å². The SMILES string of the molecule is CC(NC(=O)NC(=O)CC1(CC(=O)O)CCCC1)C1CC1. The van der Waals surface area contributed by atoms with E-state index in [4.69, 9.17) is 5.11 Å². The van der Waals surface area contributed by atoms with E-state index in [1.54, 1.807) is 0 Å². The molecule has 1 atom stereocenters. The molecule has 0 aromatic heterocycles. The Balaban J connectivity index is 1.81. The van der Waals surface area contributed by atoms with E-state index in [9.17, 15) is 14.4 Å². The molecule has 3 N–H and O–H groups in total. The molecule has 0 bridgehead atoms. The van der Waals surface area contributed by atoms with Crippen LogP contribution < -0.4 is 10.6 Å². The average Bonchev–Trinajstić information content (AvgIpc) is 3.11. The van der Waals surface area contributed by atoms with Crippen LogP contribution in [0.15, 0.2) is 0 Å². The highest BCUT2D eigenvalue weighted by atomic mass is 16.4. The quantitative estimate of drug-likeness (QED) is 0.699. The molecule has 0 heterocycles. The summed E-state index contributed by atoms with van der Waals surface area (Å²) in [6, 6.07) is -0.389. The highest BCUT2D eigenvalue weighted by Crippen LogP contribution is 2.44. The van der Waals surface area contributed by atoms with Crippen LogP contribution in [-0.4, -0.2) is 29.1 Å². The number of aliphatic carboxylic acids is 1. The molecule has 2 rings (SSSR count). The molecule has 0 saturated heterocycles. The Morgan fingerprint density at radius 3 is 2.33 bits per heavy atom. The minimum atomic E-state index is -0.878. The Morgan fingerprint density at radius 2 is 1.81 bits per heavy atom. The van der Waals surface area contributed by atoms with Gasteiger partial charge in [0.2, 0.25) is 5.91 Å². The number of carboxylic acid groups (broad SMARTS) is 1. The van der Waals surface area contributed by atoms with Crippen LogP contribution in [0, 0.1) is 11.3 Å². The van der Waals surface area contributed by atoms with Crippen molar-refractivity contribution in [3.05, 3.63) is 0 Å². The van der Waals surface area contributed by atoms with Crippen LogP contribution in [-0.2, 0) is 9.59 Å². The number of nitrogens with one attached hydrogen (secondary N) is 2. The first-order chi connectivity index (χ1) is 9.90. The van der Waals surface area contributed by atoms with Gasteiger partial charge in [0.25, 0.3) is 0 Å². The van der Waals surface area contributed by atoms with Gasteiger partial charge in [0, 0.05) is 12.5 Å². The Morgan fingerprint density at radius 1 is 1.19 bits per heavy atom. The Hall–Kier alpha value is -1.59. The normalized spacial score (nSPS) is 21.6. The molecule has 0 radical (unpaired) electrons. The second-order valence-corrected chi connectivity index (χ2v) is 6.60. The molecule has 2 aliphatic rings. The molecule has 0 spiro atoms. The number of hydrogen-bond donors (Lipinski definition) is 3. The zero-order valence-electron chi connectivity index (χ0n) is 12.5. The van der Waals surface area contributed by atoms with Crippen LogP contribution >= 0.6 is 0 Å². The molecule has 118 valence electrons. The Bertz CT molecular complexity index is 425. The number of imide groups is 1. The Kier molecular flexibility index (Phi) is 4.85. The van der Waals surface area contributed by atoms with Crippen molar-refractivity contribution in [1.82, 2.24) is 10.6 Å². The van der Waals surface area contributed by atoms with Gasteiger partial charge in [-0.2, -0.15) is 0 Å². The lowest BCUT2D eigenvalue weighted by Crippen LogP contribution is -2.45. The van der Waals surface area contributed by atoms with E-state index in [1.165, 1.54) is 0 Å². The van der Waals surface area contributed by atoms with E-state index in [2.05, 4.69) is 10.6 Å². The fourth-order valence-corrected chi connectivity index (χ4v) is 3.33. The number of urea groups is 1. The molecule has 2 saturated carbocycles. The summed E-state index contributed by atoms with van der Waals surface area (Å²) in [6.07, 6.45) is 5.75. The van der Waals surface area contributed by atoms with E-state index in [0.717, 1.165) is 38.5 Å². The first kappa shape index (κ1) is 15.8. The minimum Gasteiger partial charge on any atom is -0.481 e. The maximum absolute atomic E-state index is 12.0. The molecule has 2 aliphatic carbocycles. The maximum Gasteiger partial charge on any atom is 0.321 e. The van der Waals surface area contributed by atoms with Crippen LogP contribution in [0.2, 0.25) is 0 Å². The van der Waals surface area contributed by atoms with E-state index in [0.29, 0.717) is 5.92 Å². The van der Waals surface area contributed by atoms with Gasteiger partial charge >= 0.3 is 12.0 Å². The van der Waals surface area contributed by atoms with Crippen LogP contribution in [0.1, 0.15) is 58.3 Å². The number of carbonyl (C=O) groups is 3. The maximum atomic E-state index is 12.0. The summed E-state index contributed by atoms with van der Waals surface area (Å²) in [4.78, 5) is 34.7. The van der Waals surface area contributed by atoms with E-state index >= 15 is 0 Å². The van der Waals surface area contributed by atoms with Crippen molar-refractivity contribution in [2.75, 3.05) is 0 Å². The monoisotopic (exact) mass is 296 g/mol. The lowest BCUT2D eigenvalue weighted by Gasteiger charge is -2.26. The van der Waals surface area contributed by atoms with E-state index < -0.39 is 17.4 Å². The number of rotatable bonds is 6. The zero-order valence-corrected chi connectivity index (χ0v) is 12.5. The fraction of sp³-hybridized carbons (Fsp3) is 0.800. The summed E-state index contributed by atoms with van der Waals surface area (Å²) in [5.41, 5.74) is -0.474. The molecule has 6 heteroatoms. The molecule has 1 unspecified atom stereocenters. The number of carboxylic acids is 1. The van der Waals surface area contributed by atoms with Crippen LogP contribution in [0.25, 0.3) is 0 Å². The third kappa shape index (κ3) is 4.72. The largest absolute Gasteiger partial charge is 0.481 e. The third-order valence-electron chi connectivity index (χ3n) is 4.67. The second-order valence-electron chi connectivity index (χ2n) is 6.60.